The van der Waals surface area contributed by atoms with Gasteiger partial charge in [0.1, 0.15) is 5.00 Å². The summed E-state index contributed by atoms with van der Waals surface area (Å²) < 4.78 is 57.8. The molecule has 0 aliphatic rings. The number of anilines is 1. The van der Waals surface area contributed by atoms with Gasteiger partial charge in [-0.25, -0.2) is 9.59 Å². The third-order valence-corrected chi connectivity index (χ3v) is 6.18. The quantitative estimate of drug-likeness (QED) is 0.332. The highest BCUT2D eigenvalue weighted by Gasteiger charge is 2.64. The number of carbonyl (C=O) groups is 3. The predicted octanol–water partition coefficient (Wildman–Crippen LogP) is 4.77. The number of hydrogen-bond donors (Lipinski definition) is 2. The van der Waals surface area contributed by atoms with Gasteiger partial charge in [0.15, 0.2) is 5.76 Å². The Bertz CT molecular complexity index is 1210. The topological polar surface area (TPSA) is 107 Å². The van der Waals surface area contributed by atoms with Crippen LogP contribution < -0.4 is 10.6 Å². The SMILES string of the molecule is CCOC(=O)c1c(N[C@](NC(=O)c2ccco2)(C(=O)OC)C(F)(F)F)sc(-c2ccccc2)c1C. The molecule has 1 amide bonds. The number of methoxy groups -OCH3 is 1. The maximum atomic E-state index is 14.5. The van der Waals surface area contributed by atoms with Crippen LogP contribution in [-0.4, -0.2) is 43.4 Å². The summed E-state index contributed by atoms with van der Waals surface area (Å²) in [5, 5.41) is 3.36. The number of ether oxygens (including phenoxy) is 2. The van der Waals surface area contributed by atoms with Crippen molar-refractivity contribution in [3.8, 4) is 10.4 Å². The molecule has 0 aliphatic heterocycles. The minimum absolute atomic E-state index is 0.0368. The van der Waals surface area contributed by atoms with Crippen molar-refractivity contribution < 1.29 is 41.4 Å². The highest BCUT2D eigenvalue weighted by atomic mass is 32.1. The van der Waals surface area contributed by atoms with Gasteiger partial charge in [-0.15, -0.1) is 11.3 Å². The zero-order chi connectivity index (χ0) is 25.8. The van der Waals surface area contributed by atoms with E-state index in [0.29, 0.717) is 16.0 Å². The van der Waals surface area contributed by atoms with Crippen molar-refractivity contribution in [3.63, 3.8) is 0 Å². The number of amides is 1. The van der Waals surface area contributed by atoms with Crippen LogP contribution in [-0.2, 0) is 14.3 Å². The number of esters is 2. The van der Waals surface area contributed by atoms with Gasteiger partial charge >= 0.3 is 23.8 Å². The second-order valence-corrected chi connectivity index (χ2v) is 8.16. The monoisotopic (exact) mass is 510 g/mol. The molecule has 0 radical (unpaired) electrons. The lowest BCUT2D eigenvalue weighted by Gasteiger charge is -2.34. The highest BCUT2D eigenvalue weighted by Crippen LogP contribution is 2.43. The molecular formula is C23H21F3N2O6S. The Labute approximate surface area is 202 Å². The van der Waals surface area contributed by atoms with Crippen molar-refractivity contribution >= 4 is 34.2 Å². The maximum absolute atomic E-state index is 14.5. The summed E-state index contributed by atoms with van der Waals surface area (Å²) in [5.74, 6) is -4.56. The van der Waals surface area contributed by atoms with E-state index < -0.39 is 35.4 Å². The fraction of sp³-hybridized carbons (Fsp3) is 0.261. The third kappa shape index (κ3) is 5.02. The molecule has 3 aromatic rings. The minimum Gasteiger partial charge on any atom is -0.466 e. The first kappa shape index (κ1) is 25.8. The van der Waals surface area contributed by atoms with E-state index in [4.69, 9.17) is 9.15 Å². The Morgan fingerprint density at radius 2 is 1.77 bits per heavy atom. The molecule has 2 heterocycles. The number of carbonyl (C=O) groups excluding carboxylic acids is 3. The van der Waals surface area contributed by atoms with Crippen molar-refractivity contribution in [2.75, 3.05) is 19.0 Å². The van der Waals surface area contributed by atoms with Gasteiger partial charge in [0.25, 0.3) is 5.91 Å². The van der Waals surface area contributed by atoms with E-state index in [2.05, 4.69) is 10.1 Å². The fourth-order valence-electron chi connectivity index (χ4n) is 3.27. The number of thiophene rings is 1. The summed E-state index contributed by atoms with van der Waals surface area (Å²) in [6.45, 7) is 3.05. The molecular weight excluding hydrogens is 489 g/mol. The average molecular weight is 510 g/mol. The van der Waals surface area contributed by atoms with Crippen LogP contribution in [0.4, 0.5) is 18.2 Å². The molecule has 1 atom stereocenters. The zero-order valence-electron chi connectivity index (χ0n) is 18.8. The van der Waals surface area contributed by atoms with Gasteiger partial charge in [0.05, 0.1) is 25.5 Å². The lowest BCUT2D eigenvalue weighted by Crippen LogP contribution is -2.69. The summed E-state index contributed by atoms with van der Waals surface area (Å²) in [5.41, 5.74) is -3.00. The fourth-order valence-corrected chi connectivity index (χ4v) is 4.53. The van der Waals surface area contributed by atoms with Crippen LogP contribution in [0, 0.1) is 6.92 Å². The Morgan fingerprint density at radius 3 is 2.31 bits per heavy atom. The molecule has 2 aromatic heterocycles. The Balaban J connectivity index is 2.20. The number of halogens is 3. The number of furan rings is 1. The highest BCUT2D eigenvalue weighted by molar-refractivity contribution is 7.20. The van der Waals surface area contributed by atoms with Crippen LogP contribution in [0.5, 0.6) is 0 Å². The first-order chi connectivity index (χ1) is 16.6. The second-order valence-electron chi connectivity index (χ2n) is 7.14. The molecule has 0 fully saturated rings. The van der Waals surface area contributed by atoms with Gasteiger partial charge in [-0.3, -0.25) is 4.79 Å². The van der Waals surface area contributed by atoms with Crippen LogP contribution in [0.15, 0.2) is 53.1 Å². The Kier molecular flexibility index (Phi) is 7.54. The number of nitrogens with one attached hydrogen (secondary N) is 2. The van der Waals surface area contributed by atoms with Crippen molar-refractivity contribution in [2.24, 2.45) is 0 Å². The van der Waals surface area contributed by atoms with E-state index in [-0.39, 0.29) is 17.2 Å². The van der Waals surface area contributed by atoms with Gasteiger partial charge in [0.2, 0.25) is 0 Å². The number of rotatable bonds is 8. The lowest BCUT2D eigenvalue weighted by molar-refractivity contribution is -0.203. The van der Waals surface area contributed by atoms with E-state index >= 15 is 0 Å². The second kappa shape index (κ2) is 10.2. The van der Waals surface area contributed by atoms with Crippen LogP contribution in [0.3, 0.4) is 0 Å². The molecule has 186 valence electrons. The van der Waals surface area contributed by atoms with Gasteiger partial charge in [-0.2, -0.15) is 13.2 Å². The number of alkyl halides is 3. The standard InChI is InChI=1S/C23H21F3N2O6S/c1-4-33-20(30)16-13(2)17(14-9-6-5-7-10-14)35-19(16)28-22(21(31)32-3,23(24,25)26)27-18(29)15-11-8-12-34-15/h5-12,28H,4H2,1-3H3,(H,27,29)/t22-/m1/s1. The molecule has 12 heteroatoms. The number of hydrogen-bond acceptors (Lipinski definition) is 8. The first-order valence-corrected chi connectivity index (χ1v) is 11.0. The van der Waals surface area contributed by atoms with Crippen LogP contribution in [0.25, 0.3) is 10.4 Å². The molecule has 2 N–H and O–H groups in total. The van der Waals surface area contributed by atoms with Gasteiger partial charge in [0, 0.05) is 4.88 Å². The van der Waals surface area contributed by atoms with Gasteiger partial charge < -0.3 is 24.5 Å². The Hall–Kier alpha value is -3.80. The van der Waals surface area contributed by atoms with Crippen LogP contribution in [0.1, 0.15) is 33.4 Å². The van der Waals surface area contributed by atoms with Crippen molar-refractivity contribution in [1.29, 1.82) is 0 Å². The summed E-state index contributed by atoms with van der Waals surface area (Å²) in [4.78, 5) is 38.4. The van der Waals surface area contributed by atoms with Crippen LogP contribution in [0.2, 0.25) is 0 Å². The predicted molar refractivity (Wildman–Crippen MR) is 121 cm³/mol. The van der Waals surface area contributed by atoms with Crippen molar-refractivity contribution in [1.82, 2.24) is 5.32 Å². The molecule has 35 heavy (non-hydrogen) atoms. The molecule has 3 rings (SSSR count). The molecule has 1 aromatic carbocycles. The molecule has 0 bridgehead atoms. The number of benzene rings is 1. The van der Waals surface area contributed by atoms with E-state index in [9.17, 15) is 27.6 Å². The molecule has 0 aliphatic carbocycles. The first-order valence-electron chi connectivity index (χ1n) is 10.2. The van der Waals surface area contributed by atoms with E-state index in [1.165, 1.54) is 6.07 Å². The minimum atomic E-state index is -5.40. The molecule has 8 nitrogen and oxygen atoms in total. The van der Waals surface area contributed by atoms with Gasteiger partial charge in [-0.1, -0.05) is 30.3 Å². The van der Waals surface area contributed by atoms with E-state index in [1.807, 2.05) is 0 Å². The molecule has 0 saturated carbocycles. The summed E-state index contributed by atoms with van der Waals surface area (Å²) >= 11 is 0.794. The van der Waals surface area contributed by atoms with Gasteiger partial charge in [-0.05, 0) is 37.1 Å². The maximum Gasteiger partial charge on any atom is 0.441 e. The smallest absolute Gasteiger partial charge is 0.441 e. The Morgan fingerprint density at radius 1 is 1.09 bits per heavy atom. The summed E-state index contributed by atoms with van der Waals surface area (Å²) in [6.07, 6.45) is -4.32. The third-order valence-electron chi connectivity index (χ3n) is 4.93. The molecule has 0 unspecified atom stereocenters. The molecule has 0 saturated heterocycles. The largest absolute Gasteiger partial charge is 0.466 e. The lowest BCUT2D eigenvalue weighted by atomic mass is 10.1. The zero-order valence-corrected chi connectivity index (χ0v) is 19.6. The summed E-state index contributed by atoms with van der Waals surface area (Å²) in [6, 6.07) is 11.1. The summed E-state index contributed by atoms with van der Waals surface area (Å²) in [7, 11) is 0.741. The van der Waals surface area contributed by atoms with Crippen molar-refractivity contribution in [2.45, 2.75) is 25.7 Å². The average Bonchev–Trinajstić information content (AvgIpc) is 3.46. The normalized spacial score (nSPS) is 13.0. The molecule has 0 spiro atoms. The van der Waals surface area contributed by atoms with E-state index in [1.54, 1.807) is 49.5 Å². The van der Waals surface area contributed by atoms with Crippen LogP contribution >= 0.6 is 11.3 Å². The van der Waals surface area contributed by atoms with Crippen molar-refractivity contribution in [3.05, 3.63) is 65.6 Å². The van der Waals surface area contributed by atoms with E-state index in [0.717, 1.165) is 30.8 Å².